The number of hydrogen-bond donors (Lipinski definition) is 1. The number of rotatable bonds is 5. The Balaban J connectivity index is 2.55. The Morgan fingerprint density at radius 3 is 2.80 bits per heavy atom. The van der Waals surface area contributed by atoms with Crippen molar-refractivity contribution < 1.29 is 13.9 Å². The molecular formula is C11H14FNO2. The zero-order chi connectivity index (χ0) is 11.3. The van der Waals surface area contributed by atoms with Crippen molar-refractivity contribution in [3.8, 4) is 5.75 Å². The number of carbonyl (C=O) groups excluding carboxylic acids is 1. The summed E-state index contributed by atoms with van der Waals surface area (Å²) in [6, 6.07) is 4.78. The third-order valence-electron chi connectivity index (χ3n) is 2.10. The van der Waals surface area contributed by atoms with Gasteiger partial charge in [0, 0.05) is 6.42 Å². The number of aryl methyl sites for hydroxylation is 1. The summed E-state index contributed by atoms with van der Waals surface area (Å²) in [5, 5.41) is 0. The average Bonchev–Trinajstić information content (AvgIpc) is 2.17. The molecule has 0 saturated carbocycles. The molecule has 0 unspecified atom stereocenters. The van der Waals surface area contributed by atoms with Crippen molar-refractivity contribution >= 4 is 5.91 Å². The molecule has 1 amide bonds. The van der Waals surface area contributed by atoms with Crippen LogP contribution in [0, 0.1) is 5.82 Å². The van der Waals surface area contributed by atoms with Gasteiger partial charge in [-0.15, -0.1) is 0 Å². The van der Waals surface area contributed by atoms with E-state index in [1.54, 1.807) is 12.1 Å². The van der Waals surface area contributed by atoms with Crippen LogP contribution < -0.4 is 10.5 Å². The predicted molar refractivity (Wildman–Crippen MR) is 55.1 cm³/mol. The van der Waals surface area contributed by atoms with Gasteiger partial charge in [-0.05, 0) is 30.5 Å². The Morgan fingerprint density at radius 2 is 2.27 bits per heavy atom. The Kier molecular flexibility index (Phi) is 4.09. The lowest BCUT2D eigenvalue weighted by Crippen LogP contribution is -2.10. The van der Waals surface area contributed by atoms with Crippen LogP contribution in [-0.4, -0.2) is 13.0 Å². The first-order valence-corrected chi connectivity index (χ1v) is 4.74. The number of carbonyl (C=O) groups is 1. The monoisotopic (exact) mass is 211 g/mol. The van der Waals surface area contributed by atoms with Crippen LogP contribution in [-0.2, 0) is 11.2 Å². The van der Waals surface area contributed by atoms with Crippen molar-refractivity contribution in [1.82, 2.24) is 0 Å². The molecule has 0 aliphatic rings. The SMILES string of the molecule is COc1ccc(CCCC(N)=O)cc1F. The molecule has 0 spiro atoms. The molecule has 1 aromatic rings. The van der Waals surface area contributed by atoms with Gasteiger partial charge < -0.3 is 10.5 Å². The normalized spacial score (nSPS) is 10.0. The lowest BCUT2D eigenvalue weighted by molar-refractivity contribution is -0.118. The number of hydrogen-bond acceptors (Lipinski definition) is 2. The molecule has 1 rings (SSSR count). The first-order chi connectivity index (χ1) is 7.13. The summed E-state index contributed by atoms with van der Waals surface area (Å²) >= 11 is 0. The lowest BCUT2D eigenvalue weighted by atomic mass is 10.1. The molecule has 0 radical (unpaired) electrons. The van der Waals surface area contributed by atoms with Crippen LogP contribution in [0.1, 0.15) is 18.4 Å². The fourth-order valence-electron chi connectivity index (χ4n) is 1.33. The van der Waals surface area contributed by atoms with Crippen molar-refractivity contribution in [3.05, 3.63) is 29.6 Å². The average molecular weight is 211 g/mol. The molecule has 82 valence electrons. The Morgan fingerprint density at radius 1 is 1.53 bits per heavy atom. The number of nitrogens with two attached hydrogens (primary N) is 1. The van der Waals surface area contributed by atoms with Gasteiger partial charge in [0.2, 0.25) is 5.91 Å². The van der Waals surface area contributed by atoms with Gasteiger partial charge >= 0.3 is 0 Å². The molecule has 0 aromatic heterocycles. The second kappa shape index (κ2) is 5.34. The smallest absolute Gasteiger partial charge is 0.217 e. The minimum atomic E-state index is -0.380. The highest BCUT2D eigenvalue weighted by atomic mass is 19.1. The van der Waals surface area contributed by atoms with E-state index in [9.17, 15) is 9.18 Å². The van der Waals surface area contributed by atoms with Crippen LogP contribution >= 0.6 is 0 Å². The first kappa shape index (κ1) is 11.5. The third kappa shape index (κ3) is 3.58. The molecule has 1 aromatic carbocycles. The van der Waals surface area contributed by atoms with Gasteiger partial charge in [-0.2, -0.15) is 0 Å². The van der Waals surface area contributed by atoms with Crippen LogP contribution in [0.3, 0.4) is 0 Å². The highest BCUT2D eigenvalue weighted by molar-refractivity contribution is 5.73. The van der Waals surface area contributed by atoms with E-state index in [0.29, 0.717) is 19.3 Å². The first-order valence-electron chi connectivity index (χ1n) is 4.74. The second-order valence-electron chi connectivity index (χ2n) is 3.29. The van der Waals surface area contributed by atoms with Crippen molar-refractivity contribution in [3.63, 3.8) is 0 Å². The minimum Gasteiger partial charge on any atom is -0.494 e. The Hall–Kier alpha value is -1.58. The number of ether oxygens (including phenoxy) is 1. The minimum absolute atomic E-state index is 0.230. The zero-order valence-corrected chi connectivity index (χ0v) is 8.63. The molecule has 0 fully saturated rings. The number of primary amides is 1. The topological polar surface area (TPSA) is 52.3 Å². The number of methoxy groups -OCH3 is 1. The van der Waals surface area contributed by atoms with Gasteiger partial charge in [0.25, 0.3) is 0 Å². The lowest BCUT2D eigenvalue weighted by Gasteiger charge is -2.04. The molecule has 3 nitrogen and oxygen atoms in total. The van der Waals surface area contributed by atoms with Gasteiger partial charge in [-0.25, -0.2) is 4.39 Å². The van der Waals surface area contributed by atoms with Gasteiger partial charge in [-0.1, -0.05) is 6.07 Å². The van der Waals surface area contributed by atoms with E-state index in [4.69, 9.17) is 10.5 Å². The molecule has 0 atom stereocenters. The summed E-state index contributed by atoms with van der Waals surface area (Å²) < 4.78 is 18.0. The molecule has 2 N–H and O–H groups in total. The van der Waals surface area contributed by atoms with E-state index >= 15 is 0 Å². The van der Waals surface area contributed by atoms with Crippen LogP contribution in [0.2, 0.25) is 0 Å². The van der Waals surface area contributed by atoms with E-state index in [1.807, 2.05) is 0 Å². The molecule has 4 heteroatoms. The predicted octanol–water partition coefficient (Wildman–Crippen LogP) is 1.64. The van der Waals surface area contributed by atoms with Gasteiger partial charge in [0.1, 0.15) is 0 Å². The maximum Gasteiger partial charge on any atom is 0.217 e. The fraction of sp³-hybridized carbons (Fsp3) is 0.364. The van der Waals surface area contributed by atoms with Crippen molar-refractivity contribution in [1.29, 1.82) is 0 Å². The molecule has 0 heterocycles. The van der Waals surface area contributed by atoms with Gasteiger partial charge in [-0.3, -0.25) is 4.79 Å². The molecule has 0 aliphatic heterocycles. The summed E-state index contributed by atoms with van der Waals surface area (Å²) in [6.07, 6.45) is 1.61. The van der Waals surface area contributed by atoms with Crippen LogP contribution in [0.4, 0.5) is 4.39 Å². The van der Waals surface area contributed by atoms with Crippen molar-refractivity contribution in [2.75, 3.05) is 7.11 Å². The summed E-state index contributed by atoms with van der Waals surface area (Å²) in [5.74, 6) is -0.480. The van der Waals surface area contributed by atoms with E-state index < -0.39 is 0 Å². The fourth-order valence-corrected chi connectivity index (χ4v) is 1.33. The Labute approximate surface area is 88.0 Å². The van der Waals surface area contributed by atoms with Gasteiger partial charge in [0.05, 0.1) is 7.11 Å². The van der Waals surface area contributed by atoms with Crippen LogP contribution in [0.15, 0.2) is 18.2 Å². The number of benzene rings is 1. The summed E-state index contributed by atoms with van der Waals surface area (Å²) in [7, 11) is 1.42. The molecule has 15 heavy (non-hydrogen) atoms. The van der Waals surface area contributed by atoms with E-state index in [0.717, 1.165) is 5.56 Å². The van der Waals surface area contributed by atoms with E-state index in [-0.39, 0.29) is 17.5 Å². The van der Waals surface area contributed by atoms with Gasteiger partial charge in [0.15, 0.2) is 11.6 Å². The highest BCUT2D eigenvalue weighted by Gasteiger charge is 2.03. The number of halogens is 1. The van der Waals surface area contributed by atoms with Crippen molar-refractivity contribution in [2.45, 2.75) is 19.3 Å². The highest BCUT2D eigenvalue weighted by Crippen LogP contribution is 2.18. The summed E-state index contributed by atoms with van der Waals surface area (Å²) in [4.78, 5) is 10.5. The third-order valence-corrected chi connectivity index (χ3v) is 2.10. The maximum absolute atomic E-state index is 13.2. The second-order valence-corrected chi connectivity index (χ2v) is 3.29. The standard InChI is InChI=1S/C11H14FNO2/c1-15-10-6-5-8(7-9(10)12)3-2-4-11(13)14/h5-7H,2-4H2,1H3,(H2,13,14). The maximum atomic E-state index is 13.2. The summed E-state index contributed by atoms with van der Waals surface area (Å²) in [5.41, 5.74) is 5.84. The molecule has 0 saturated heterocycles. The quantitative estimate of drug-likeness (QED) is 0.805. The van der Waals surface area contributed by atoms with Crippen LogP contribution in [0.5, 0.6) is 5.75 Å². The van der Waals surface area contributed by atoms with Crippen molar-refractivity contribution in [2.24, 2.45) is 5.73 Å². The van der Waals surface area contributed by atoms with Crippen LogP contribution in [0.25, 0.3) is 0 Å². The largest absolute Gasteiger partial charge is 0.494 e. The van der Waals surface area contributed by atoms with E-state index in [1.165, 1.54) is 13.2 Å². The summed E-state index contributed by atoms with van der Waals surface area (Å²) in [6.45, 7) is 0. The molecule has 0 aliphatic carbocycles. The Bertz CT molecular complexity index is 352. The van der Waals surface area contributed by atoms with E-state index in [2.05, 4.69) is 0 Å². The molecule has 0 bridgehead atoms. The molecular weight excluding hydrogens is 197 g/mol. The zero-order valence-electron chi connectivity index (χ0n) is 8.63. The number of amides is 1.